The molecule has 20 heavy (non-hydrogen) atoms. The number of hydrogen-bond donors (Lipinski definition) is 1. The Labute approximate surface area is 122 Å². The molecular formula is C11H16ClN3O4S. The third-order valence-corrected chi connectivity index (χ3v) is 4.68. The molecular weight excluding hydrogens is 306 g/mol. The van der Waals surface area contributed by atoms with Gasteiger partial charge in [-0.15, -0.1) is 0 Å². The van der Waals surface area contributed by atoms with E-state index >= 15 is 0 Å². The lowest BCUT2D eigenvalue weighted by atomic mass is 10.3. The Morgan fingerprint density at radius 3 is 2.65 bits per heavy atom. The maximum Gasteiger partial charge on any atom is 0.270 e. The van der Waals surface area contributed by atoms with Gasteiger partial charge in [0.2, 0.25) is 10.0 Å². The van der Waals surface area contributed by atoms with E-state index in [-0.39, 0.29) is 22.2 Å². The van der Waals surface area contributed by atoms with Crippen LogP contribution < -0.4 is 4.72 Å². The molecule has 0 aliphatic heterocycles. The van der Waals surface area contributed by atoms with Crippen molar-refractivity contribution in [2.24, 2.45) is 0 Å². The molecule has 9 heteroatoms. The summed E-state index contributed by atoms with van der Waals surface area (Å²) in [4.78, 5) is 11.7. The summed E-state index contributed by atoms with van der Waals surface area (Å²) in [6.45, 7) is 3.47. The number of benzene rings is 1. The molecule has 1 aromatic rings. The highest BCUT2D eigenvalue weighted by Gasteiger charge is 2.21. The third kappa shape index (κ3) is 4.41. The first-order valence-electron chi connectivity index (χ1n) is 5.90. The van der Waals surface area contributed by atoms with Crippen LogP contribution >= 0.6 is 11.6 Å². The Morgan fingerprint density at radius 1 is 1.45 bits per heavy atom. The van der Waals surface area contributed by atoms with Gasteiger partial charge in [0.1, 0.15) is 4.90 Å². The maximum absolute atomic E-state index is 12.1. The van der Waals surface area contributed by atoms with Gasteiger partial charge in [0.25, 0.3) is 5.69 Å². The number of nitro groups is 1. The Morgan fingerprint density at radius 2 is 2.10 bits per heavy atom. The topological polar surface area (TPSA) is 92.6 Å². The Balaban J connectivity index is 2.92. The Hall–Kier alpha value is -1.22. The molecule has 0 aromatic heterocycles. The molecule has 0 saturated heterocycles. The van der Waals surface area contributed by atoms with E-state index in [1.807, 2.05) is 18.9 Å². The van der Waals surface area contributed by atoms with Crippen LogP contribution in [0.1, 0.15) is 6.92 Å². The Kier molecular flexibility index (Phi) is 5.88. The first kappa shape index (κ1) is 16.8. The molecule has 0 radical (unpaired) electrons. The van der Waals surface area contributed by atoms with Gasteiger partial charge in [0.15, 0.2) is 0 Å². The van der Waals surface area contributed by atoms with E-state index < -0.39 is 14.9 Å². The smallest absolute Gasteiger partial charge is 0.270 e. The van der Waals surface area contributed by atoms with Crippen LogP contribution in [0.2, 0.25) is 5.02 Å². The summed E-state index contributed by atoms with van der Waals surface area (Å²) < 4.78 is 26.5. The van der Waals surface area contributed by atoms with Crippen LogP contribution in [0.4, 0.5) is 5.69 Å². The zero-order chi connectivity index (χ0) is 15.3. The highest BCUT2D eigenvalue weighted by atomic mass is 35.5. The molecule has 7 nitrogen and oxygen atoms in total. The predicted octanol–water partition coefficient (Wildman–Crippen LogP) is 1.48. The second-order valence-electron chi connectivity index (χ2n) is 4.17. The summed E-state index contributed by atoms with van der Waals surface area (Å²) in [6.07, 6.45) is 0. The van der Waals surface area contributed by atoms with Gasteiger partial charge in [-0.3, -0.25) is 10.1 Å². The number of rotatable bonds is 7. The summed E-state index contributed by atoms with van der Waals surface area (Å²) in [7, 11) is -2.01. The maximum atomic E-state index is 12.1. The van der Waals surface area contributed by atoms with Crippen molar-refractivity contribution < 1.29 is 13.3 Å². The number of hydrogen-bond acceptors (Lipinski definition) is 5. The number of nitrogens with one attached hydrogen (secondary N) is 1. The van der Waals surface area contributed by atoms with Gasteiger partial charge in [-0.25, -0.2) is 13.1 Å². The number of likely N-dealkylation sites (N-methyl/N-ethyl adjacent to an activating group) is 1. The molecule has 0 atom stereocenters. The van der Waals surface area contributed by atoms with Crippen LogP contribution in [-0.2, 0) is 10.0 Å². The Bertz CT molecular complexity index is 591. The lowest BCUT2D eigenvalue weighted by Crippen LogP contribution is -2.33. The average Bonchev–Trinajstić information content (AvgIpc) is 2.38. The van der Waals surface area contributed by atoms with Gasteiger partial charge >= 0.3 is 0 Å². The normalized spacial score (nSPS) is 11.8. The highest BCUT2D eigenvalue weighted by Crippen LogP contribution is 2.25. The van der Waals surface area contributed by atoms with Crippen molar-refractivity contribution in [1.82, 2.24) is 9.62 Å². The van der Waals surface area contributed by atoms with Crippen molar-refractivity contribution in [2.75, 3.05) is 26.7 Å². The zero-order valence-electron chi connectivity index (χ0n) is 11.2. The van der Waals surface area contributed by atoms with Crippen molar-refractivity contribution in [3.05, 3.63) is 33.3 Å². The fourth-order valence-electron chi connectivity index (χ4n) is 1.42. The highest BCUT2D eigenvalue weighted by molar-refractivity contribution is 7.89. The van der Waals surface area contributed by atoms with E-state index in [1.165, 1.54) is 6.07 Å². The minimum Gasteiger partial charge on any atom is -0.305 e. The first-order valence-corrected chi connectivity index (χ1v) is 7.76. The van der Waals surface area contributed by atoms with Crippen LogP contribution in [0.15, 0.2) is 23.1 Å². The number of nitro benzene ring substituents is 1. The van der Waals surface area contributed by atoms with Crippen LogP contribution in [0.5, 0.6) is 0 Å². The van der Waals surface area contributed by atoms with E-state index in [2.05, 4.69) is 4.72 Å². The molecule has 112 valence electrons. The fourth-order valence-corrected chi connectivity index (χ4v) is 2.96. The quantitative estimate of drug-likeness (QED) is 0.606. The van der Waals surface area contributed by atoms with Gasteiger partial charge in [-0.05, 0) is 19.7 Å². The van der Waals surface area contributed by atoms with Crippen molar-refractivity contribution >= 4 is 27.3 Å². The minimum absolute atomic E-state index is 0.0491. The van der Waals surface area contributed by atoms with Crippen LogP contribution in [0.3, 0.4) is 0 Å². The predicted molar refractivity (Wildman–Crippen MR) is 76.5 cm³/mol. The summed E-state index contributed by atoms with van der Waals surface area (Å²) in [5, 5.41) is 10.6. The van der Waals surface area contributed by atoms with E-state index in [4.69, 9.17) is 11.6 Å². The second kappa shape index (κ2) is 6.98. The molecule has 1 rings (SSSR count). The number of halogens is 1. The molecule has 0 amide bonds. The van der Waals surface area contributed by atoms with Gasteiger partial charge in [0, 0.05) is 25.2 Å². The number of sulfonamides is 1. The zero-order valence-corrected chi connectivity index (χ0v) is 12.7. The number of nitrogens with zero attached hydrogens (tertiary/aromatic N) is 2. The number of non-ortho nitro benzene ring substituents is 1. The van der Waals surface area contributed by atoms with E-state index in [0.717, 1.165) is 18.7 Å². The lowest BCUT2D eigenvalue weighted by Gasteiger charge is -2.14. The van der Waals surface area contributed by atoms with Gasteiger partial charge in [0.05, 0.1) is 9.95 Å². The van der Waals surface area contributed by atoms with Crippen molar-refractivity contribution in [2.45, 2.75) is 11.8 Å². The summed E-state index contributed by atoms with van der Waals surface area (Å²) >= 11 is 5.80. The van der Waals surface area contributed by atoms with E-state index in [9.17, 15) is 18.5 Å². The standard InChI is InChI=1S/C11H16ClN3O4S/c1-3-14(2)7-6-13-20(18,19)11-8-9(15(16)17)4-5-10(11)12/h4-5,8,13H,3,6-7H2,1-2H3. The molecule has 0 heterocycles. The summed E-state index contributed by atoms with van der Waals surface area (Å²) in [5.41, 5.74) is -0.319. The monoisotopic (exact) mass is 321 g/mol. The first-order chi connectivity index (χ1) is 9.27. The fraction of sp³-hybridized carbons (Fsp3) is 0.455. The van der Waals surface area contributed by atoms with E-state index in [0.29, 0.717) is 6.54 Å². The summed E-state index contributed by atoms with van der Waals surface area (Å²) in [5.74, 6) is 0. The lowest BCUT2D eigenvalue weighted by molar-refractivity contribution is -0.385. The molecule has 0 saturated carbocycles. The van der Waals surface area contributed by atoms with Crippen molar-refractivity contribution in [3.8, 4) is 0 Å². The molecule has 0 bridgehead atoms. The van der Waals surface area contributed by atoms with Gasteiger partial charge in [-0.2, -0.15) is 0 Å². The van der Waals surface area contributed by atoms with Crippen molar-refractivity contribution in [3.63, 3.8) is 0 Å². The molecule has 1 N–H and O–H groups in total. The molecule has 0 unspecified atom stereocenters. The van der Waals surface area contributed by atoms with E-state index in [1.54, 1.807) is 0 Å². The SMILES string of the molecule is CCN(C)CCNS(=O)(=O)c1cc([N+](=O)[O-])ccc1Cl. The third-order valence-electron chi connectivity index (χ3n) is 2.74. The van der Waals surface area contributed by atoms with Gasteiger partial charge < -0.3 is 4.90 Å². The molecule has 0 spiro atoms. The molecule has 0 fully saturated rings. The second-order valence-corrected chi connectivity index (χ2v) is 6.31. The van der Waals surface area contributed by atoms with Crippen LogP contribution in [0.25, 0.3) is 0 Å². The van der Waals surface area contributed by atoms with Gasteiger partial charge in [-0.1, -0.05) is 18.5 Å². The summed E-state index contributed by atoms with van der Waals surface area (Å²) in [6, 6.07) is 3.31. The van der Waals surface area contributed by atoms with Crippen molar-refractivity contribution in [1.29, 1.82) is 0 Å². The van der Waals surface area contributed by atoms with Crippen LogP contribution in [-0.4, -0.2) is 44.9 Å². The van der Waals surface area contributed by atoms with Crippen LogP contribution in [0, 0.1) is 10.1 Å². The minimum atomic E-state index is -3.86. The molecule has 0 aliphatic rings. The molecule has 1 aromatic carbocycles. The molecule has 0 aliphatic carbocycles. The average molecular weight is 322 g/mol. The largest absolute Gasteiger partial charge is 0.305 e.